The third-order valence-electron chi connectivity index (χ3n) is 11.9. The fraction of sp³-hybridized carbons (Fsp3) is 0.659. The lowest BCUT2D eigenvalue weighted by atomic mass is 9.81. The molecule has 2 fully saturated rings. The minimum Gasteiger partial charge on any atom is -0.458 e. The summed E-state index contributed by atoms with van der Waals surface area (Å²) in [6, 6.07) is 3.29. The molecule has 1 aliphatic carbocycles. The van der Waals surface area contributed by atoms with Gasteiger partial charge in [-0.15, -0.1) is 0 Å². The molecule has 344 valence electrons. The van der Waals surface area contributed by atoms with Crippen molar-refractivity contribution in [2.45, 2.75) is 152 Å². The topological polar surface area (TPSA) is 309 Å². The van der Waals surface area contributed by atoms with Crippen molar-refractivity contribution in [3.05, 3.63) is 54.1 Å². The molecule has 18 heteroatoms. The third kappa shape index (κ3) is 13.7. The van der Waals surface area contributed by atoms with Crippen molar-refractivity contribution in [2.75, 3.05) is 19.6 Å². The lowest BCUT2D eigenvalue weighted by Gasteiger charge is -2.43. The molecule has 0 bridgehead atoms. The van der Waals surface area contributed by atoms with Gasteiger partial charge in [0.25, 0.3) is 11.8 Å². The van der Waals surface area contributed by atoms with Crippen molar-refractivity contribution in [3.63, 3.8) is 0 Å². The van der Waals surface area contributed by atoms with Crippen molar-refractivity contribution < 1.29 is 38.6 Å². The van der Waals surface area contributed by atoms with Gasteiger partial charge in [-0.3, -0.25) is 19.2 Å². The van der Waals surface area contributed by atoms with Crippen LogP contribution in [0.4, 0.5) is 4.79 Å². The number of hydrogen-bond donors (Lipinski definition) is 8. The predicted octanol–water partition coefficient (Wildman–Crippen LogP) is 1.31. The number of likely N-dealkylation sites (tertiary alicyclic amines) is 1. The molecule has 1 saturated carbocycles. The Kier molecular flexibility index (Phi) is 18.7. The number of nitrogens with zero attached hydrogens (tertiary/aromatic N) is 3. The summed E-state index contributed by atoms with van der Waals surface area (Å²) >= 11 is 0. The van der Waals surface area contributed by atoms with Gasteiger partial charge in [0.15, 0.2) is 11.3 Å². The number of imide groups is 3. The van der Waals surface area contributed by atoms with Crippen LogP contribution in [0.2, 0.25) is 0 Å². The summed E-state index contributed by atoms with van der Waals surface area (Å²) in [4.78, 5) is 94.3. The number of aromatic amines is 1. The van der Waals surface area contributed by atoms with Gasteiger partial charge in [0.2, 0.25) is 5.91 Å². The lowest BCUT2D eigenvalue weighted by Crippen LogP contribution is -2.66. The van der Waals surface area contributed by atoms with Gasteiger partial charge in [0.05, 0.1) is 37.0 Å². The number of aliphatic hydroxyl groups excluding tert-OH is 1. The third-order valence-corrected chi connectivity index (χ3v) is 11.9. The molecule has 1 aliphatic heterocycles. The molecule has 2 aromatic rings. The molecule has 13 N–H and O–H groups in total. The molecular formula is C44H70N10O8. The van der Waals surface area contributed by atoms with Crippen LogP contribution in [0.3, 0.4) is 0 Å². The van der Waals surface area contributed by atoms with E-state index in [9.17, 15) is 33.9 Å². The maximum Gasteiger partial charge on any atom is 0.336 e. The molecule has 4 rings (SSSR count). The molecule has 0 spiro atoms. The van der Waals surface area contributed by atoms with Gasteiger partial charge in [0.1, 0.15) is 5.60 Å². The second-order valence-corrected chi connectivity index (χ2v) is 18.0. The molecule has 1 aromatic heterocycles. The summed E-state index contributed by atoms with van der Waals surface area (Å²) in [6.45, 7) is 5.07. The number of amides is 5. The van der Waals surface area contributed by atoms with E-state index in [-0.39, 0.29) is 45.2 Å². The van der Waals surface area contributed by atoms with E-state index in [4.69, 9.17) is 33.4 Å². The first-order valence-corrected chi connectivity index (χ1v) is 22.0. The van der Waals surface area contributed by atoms with E-state index in [1.54, 1.807) is 51.1 Å². The molecule has 5 amide bonds. The average molecular weight is 867 g/mol. The van der Waals surface area contributed by atoms with Gasteiger partial charge in [-0.05, 0) is 70.9 Å². The largest absolute Gasteiger partial charge is 0.458 e. The Morgan fingerprint density at radius 1 is 1.00 bits per heavy atom. The van der Waals surface area contributed by atoms with Crippen LogP contribution < -0.4 is 34.0 Å². The van der Waals surface area contributed by atoms with E-state index < -0.39 is 89.3 Å². The number of imidazole rings is 1. The van der Waals surface area contributed by atoms with Crippen LogP contribution in [0.1, 0.15) is 109 Å². The number of benzene rings is 1. The van der Waals surface area contributed by atoms with Crippen molar-refractivity contribution in [1.82, 2.24) is 25.1 Å². The maximum absolute atomic E-state index is 14.8. The van der Waals surface area contributed by atoms with Gasteiger partial charge in [0, 0.05) is 49.8 Å². The number of hydrogen-bond acceptors (Lipinski definition) is 14. The Morgan fingerprint density at radius 2 is 1.69 bits per heavy atom. The zero-order valence-electron chi connectivity index (χ0n) is 36.6. The quantitative estimate of drug-likeness (QED) is 0.0529. The van der Waals surface area contributed by atoms with E-state index in [1.165, 1.54) is 17.4 Å². The molecule has 2 unspecified atom stereocenters. The molecule has 62 heavy (non-hydrogen) atoms. The van der Waals surface area contributed by atoms with Gasteiger partial charge in [-0.25, -0.2) is 14.6 Å². The number of nitrogens with two attached hydrogens (primary N) is 5. The molecule has 18 nitrogen and oxygen atoms in total. The van der Waals surface area contributed by atoms with Crippen LogP contribution in [0, 0.1) is 11.8 Å². The van der Waals surface area contributed by atoms with E-state index in [2.05, 4.69) is 15.3 Å². The fourth-order valence-electron chi connectivity index (χ4n) is 8.47. The highest BCUT2D eigenvalue weighted by molar-refractivity contribution is 6.12. The van der Waals surface area contributed by atoms with E-state index in [1.807, 2.05) is 0 Å². The molecular weight excluding hydrogens is 797 g/mol. The summed E-state index contributed by atoms with van der Waals surface area (Å²) in [5.41, 5.74) is 29.1. The predicted molar refractivity (Wildman–Crippen MR) is 232 cm³/mol. The smallest absolute Gasteiger partial charge is 0.336 e. The van der Waals surface area contributed by atoms with Crippen LogP contribution in [-0.2, 0) is 41.6 Å². The Morgan fingerprint density at radius 3 is 2.31 bits per heavy atom. The number of nitrogens with one attached hydrogen (secondary N) is 2. The van der Waals surface area contributed by atoms with Gasteiger partial charge in [-0.1, -0.05) is 68.9 Å². The Hall–Kier alpha value is -4.59. The highest BCUT2D eigenvalue weighted by Crippen LogP contribution is 2.30. The van der Waals surface area contributed by atoms with Crippen LogP contribution in [-0.4, -0.2) is 121 Å². The standard InChI is InChI=1S/C44H70N10O8/c1-43(2,3)62-41(60)44(49,24-29-15-8-5-9-16-29)40(59)52-34(22-30-26-50-27-51-30)38(57)31-17-12-20-53(35(31)25-46)42(61)54(39(58)32(47)18-10-11-19-45)37(56)23-36(55)33(48)21-28-13-6-4-7-14-28/h5,8-9,15-16,26-28,31-36,55H,4,6-7,10-14,17-25,45-49H2,1-3H3,(H,50,51)(H,52,59)/t31-,32-,33-,34-,35?,36?,44-/m0/s1. The fourth-order valence-corrected chi connectivity index (χ4v) is 8.47. The molecule has 1 aromatic carbocycles. The van der Waals surface area contributed by atoms with E-state index in [0.717, 1.165) is 32.1 Å². The first-order valence-electron chi connectivity index (χ1n) is 22.0. The van der Waals surface area contributed by atoms with Gasteiger partial charge >= 0.3 is 12.0 Å². The number of rotatable bonds is 20. The Bertz CT molecular complexity index is 1780. The summed E-state index contributed by atoms with van der Waals surface area (Å²) in [7, 11) is 0. The van der Waals surface area contributed by atoms with Crippen molar-refractivity contribution in [2.24, 2.45) is 40.5 Å². The number of urea groups is 1. The van der Waals surface area contributed by atoms with Crippen LogP contribution in [0.5, 0.6) is 0 Å². The number of piperidine rings is 1. The molecule has 2 heterocycles. The first-order chi connectivity index (χ1) is 29.4. The van der Waals surface area contributed by atoms with Crippen molar-refractivity contribution >= 4 is 35.5 Å². The molecule has 1 saturated heterocycles. The SMILES string of the molecule is CC(C)(C)OC(=O)[C@](N)(Cc1ccccc1)C(=O)N[C@@H](Cc1cnc[nH]1)C(=O)[C@H]1CCCN(C(=O)N(C(=O)CC(O)[C@@H](N)CC2CCCCC2)C(=O)[C@@H](N)CCCCN)C1CN. The highest BCUT2D eigenvalue weighted by Gasteiger charge is 2.49. The minimum absolute atomic E-state index is 0.0346. The van der Waals surface area contributed by atoms with Crippen LogP contribution in [0.25, 0.3) is 0 Å². The zero-order chi connectivity index (χ0) is 45.6. The maximum atomic E-state index is 14.8. The highest BCUT2D eigenvalue weighted by atomic mass is 16.6. The number of unbranched alkanes of at least 4 members (excludes halogenated alkanes) is 1. The second-order valence-electron chi connectivity index (χ2n) is 18.0. The normalized spacial score (nSPS) is 20.2. The van der Waals surface area contributed by atoms with Crippen LogP contribution >= 0.6 is 0 Å². The number of H-pyrrole nitrogens is 1. The number of carbonyl (C=O) groups excluding carboxylic acids is 6. The zero-order valence-corrected chi connectivity index (χ0v) is 36.6. The first kappa shape index (κ1) is 50.1. The van der Waals surface area contributed by atoms with Gasteiger partial charge < -0.3 is 53.7 Å². The summed E-state index contributed by atoms with van der Waals surface area (Å²) in [5.74, 6) is -5.13. The summed E-state index contributed by atoms with van der Waals surface area (Å²) < 4.78 is 5.63. The monoisotopic (exact) mass is 867 g/mol. The summed E-state index contributed by atoms with van der Waals surface area (Å²) in [5, 5.41) is 13.9. The number of Topliss-reactive ketones (excluding diaryl/α,β-unsaturated/α-hetero) is 1. The Labute approximate surface area is 364 Å². The average Bonchev–Trinajstić information content (AvgIpc) is 3.76. The number of aromatic nitrogens is 2. The lowest BCUT2D eigenvalue weighted by molar-refractivity contribution is -0.165. The van der Waals surface area contributed by atoms with Gasteiger partial charge in [-0.2, -0.15) is 4.90 Å². The Balaban J connectivity index is 1.64. The minimum atomic E-state index is -2.27. The number of ketones is 1. The molecule has 7 atom stereocenters. The van der Waals surface area contributed by atoms with Crippen molar-refractivity contribution in [3.8, 4) is 0 Å². The number of carbonyl (C=O) groups is 6. The molecule has 2 aliphatic rings. The van der Waals surface area contributed by atoms with Crippen molar-refractivity contribution in [1.29, 1.82) is 0 Å². The number of ether oxygens (including phenoxy) is 1. The van der Waals surface area contributed by atoms with E-state index in [0.29, 0.717) is 47.9 Å². The number of aliphatic hydroxyl groups is 1. The van der Waals surface area contributed by atoms with E-state index >= 15 is 0 Å². The number of esters is 1. The second kappa shape index (κ2) is 23.2. The summed E-state index contributed by atoms with van der Waals surface area (Å²) in [6.07, 6.45) is 7.99. The van der Waals surface area contributed by atoms with Crippen LogP contribution in [0.15, 0.2) is 42.9 Å². The molecule has 0 radical (unpaired) electrons.